The van der Waals surface area contributed by atoms with Gasteiger partial charge >= 0.3 is 0 Å². The standard InChI is InChI=1S/C10H18N4O/c1-6-7-12-13-8(10(2,3)4)9(15)14(7)11-5/h11H,6H2,1-5H3. The lowest BCUT2D eigenvalue weighted by atomic mass is 9.93. The van der Waals surface area contributed by atoms with E-state index in [-0.39, 0.29) is 11.0 Å². The molecule has 5 nitrogen and oxygen atoms in total. The summed E-state index contributed by atoms with van der Waals surface area (Å²) in [5.41, 5.74) is 2.91. The molecule has 0 saturated heterocycles. The van der Waals surface area contributed by atoms with E-state index in [1.165, 1.54) is 4.68 Å². The fourth-order valence-electron chi connectivity index (χ4n) is 1.35. The Labute approximate surface area is 89.5 Å². The summed E-state index contributed by atoms with van der Waals surface area (Å²) in [6.45, 7) is 7.78. The molecule has 84 valence electrons. The van der Waals surface area contributed by atoms with Crippen molar-refractivity contribution in [1.82, 2.24) is 14.9 Å². The van der Waals surface area contributed by atoms with Crippen molar-refractivity contribution in [3.8, 4) is 0 Å². The molecule has 0 fully saturated rings. The first-order valence-electron chi connectivity index (χ1n) is 5.08. The lowest BCUT2D eigenvalue weighted by molar-refractivity contribution is 0.526. The fourth-order valence-corrected chi connectivity index (χ4v) is 1.35. The van der Waals surface area contributed by atoms with Gasteiger partial charge in [0.15, 0.2) is 5.82 Å². The Hall–Kier alpha value is -1.39. The largest absolute Gasteiger partial charge is 0.324 e. The van der Waals surface area contributed by atoms with Crippen LogP contribution < -0.4 is 11.0 Å². The van der Waals surface area contributed by atoms with E-state index in [0.29, 0.717) is 17.9 Å². The van der Waals surface area contributed by atoms with E-state index in [1.54, 1.807) is 7.05 Å². The second kappa shape index (κ2) is 4.00. The Kier molecular flexibility index (Phi) is 3.12. The van der Waals surface area contributed by atoms with E-state index >= 15 is 0 Å². The number of hydrogen-bond acceptors (Lipinski definition) is 4. The van der Waals surface area contributed by atoms with E-state index in [9.17, 15) is 4.79 Å². The van der Waals surface area contributed by atoms with Gasteiger partial charge in [0, 0.05) is 18.9 Å². The van der Waals surface area contributed by atoms with Crippen molar-refractivity contribution in [2.75, 3.05) is 12.5 Å². The Balaban J connectivity index is 3.43. The predicted molar refractivity (Wildman–Crippen MR) is 59.7 cm³/mol. The molecule has 0 atom stereocenters. The van der Waals surface area contributed by atoms with Crippen LogP contribution in [0.1, 0.15) is 39.2 Å². The van der Waals surface area contributed by atoms with Crippen molar-refractivity contribution in [3.63, 3.8) is 0 Å². The third-order valence-electron chi connectivity index (χ3n) is 2.18. The number of hydrogen-bond donors (Lipinski definition) is 1. The van der Waals surface area contributed by atoms with Gasteiger partial charge in [-0.15, -0.1) is 10.2 Å². The average Bonchev–Trinajstić information content (AvgIpc) is 2.15. The first-order chi connectivity index (χ1) is 6.91. The summed E-state index contributed by atoms with van der Waals surface area (Å²) in [6, 6.07) is 0. The quantitative estimate of drug-likeness (QED) is 0.779. The van der Waals surface area contributed by atoms with Gasteiger partial charge in [-0.05, 0) is 0 Å². The summed E-state index contributed by atoms with van der Waals surface area (Å²) in [7, 11) is 1.70. The van der Waals surface area contributed by atoms with Crippen LogP contribution in [0.3, 0.4) is 0 Å². The maximum absolute atomic E-state index is 12.0. The van der Waals surface area contributed by atoms with Crippen molar-refractivity contribution in [3.05, 3.63) is 21.9 Å². The molecule has 0 bridgehead atoms. The van der Waals surface area contributed by atoms with Crippen molar-refractivity contribution < 1.29 is 0 Å². The Bertz CT molecular complexity index is 403. The van der Waals surface area contributed by atoms with Gasteiger partial charge in [-0.3, -0.25) is 4.79 Å². The second-order valence-corrected chi connectivity index (χ2v) is 4.43. The molecule has 0 saturated carbocycles. The highest BCUT2D eigenvalue weighted by Gasteiger charge is 2.22. The van der Waals surface area contributed by atoms with Gasteiger partial charge in [-0.25, -0.2) is 4.68 Å². The lowest BCUT2D eigenvalue weighted by Crippen LogP contribution is -2.38. The number of rotatable bonds is 2. The van der Waals surface area contributed by atoms with Gasteiger partial charge in [0.2, 0.25) is 0 Å². The van der Waals surface area contributed by atoms with Gasteiger partial charge in [-0.2, -0.15) is 0 Å². The first kappa shape index (κ1) is 11.7. The van der Waals surface area contributed by atoms with Crippen molar-refractivity contribution >= 4 is 0 Å². The Morgan fingerprint density at radius 3 is 2.33 bits per heavy atom. The van der Waals surface area contributed by atoms with Crippen LogP contribution in [0.5, 0.6) is 0 Å². The normalized spacial score (nSPS) is 11.5. The van der Waals surface area contributed by atoms with E-state index in [4.69, 9.17) is 0 Å². The SMILES string of the molecule is CCc1nnc(C(C)(C)C)c(=O)n1NC. The Morgan fingerprint density at radius 1 is 1.33 bits per heavy atom. The minimum Gasteiger partial charge on any atom is -0.324 e. The van der Waals surface area contributed by atoms with Crippen LogP contribution in [0, 0.1) is 0 Å². The van der Waals surface area contributed by atoms with Gasteiger partial charge < -0.3 is 5.43 Å². The molecule has 1 rings (SSSR count). The maximum Gasteiger partial charge on any atom is 0.294 e. The highest BCUT2D eigenvalue weighted by atomic mass is 16.1. The predicted octanol–water partition coefficient (Wildman–Crippen LogP) is 0.671. The van der Waals surface area contributed by atoms with Crippen molar-refractivity contribution in [2.24, 2.45) is 0 Å². The minimum absolute atomic E-state index is 0.114. The fraction of sp³-hybridized carbons (Fsp3) is 0.700. The molecule has 0 unspecified atom stereocenters. The molecule has 0 aromatic carbocycles. The molecule has 0 radical (unpaired) electrons. The highest BCUT2D eigenvalue weighted by molar-refractivity contribution is 5.09. The van der Waals surface area contributed by atoms with Crippen LogP contribution >= 0.6 is 0 Å². The molecule has 1 N–H and O–H groups in total. The smallest absolute Gasteiger partial charge is 0.294 e. The van der Waals surface area contributed by atoms with E-state index in [2.05, 4.69) is 15.6 Å². The summed E-state index contributed by atoms with van der Waals surface area (Å²) >= 11 is 0. The van der Waals surface area contributed by atoms with Crippen molar-refractivity contribution in [2.45, 2.75) is 39.5 Å². The number of aryl methyl sites for hydroxylation is 1. The number of nitrogens with one attached hydrogen (secondary N) is 1. The van der Waals surface area contributed by atoms with E-state index in [1.807, 2.05) is 27.7 Å². The third kappa shape index (κ3) is 2.16. The molecular formula is C10H18N4O. The second-order valence-electron chi connectivity index (χ2n) is 4.43. The van der Waals surface area contributed by atoms with E-state index in [0.717, 1.165) is 0 Å². The highest BCUT2D eigenvalue weighted by Crippen LogP contribution is 2.15. The maximum atomic E-state index is 12.0. The average molecular weight is 210 g/mol. The van der Waals surface area contributed by atoms with Crippen molar-refractivity contribution in [1.29, 1.82) is 0 Å². The molecule has 0 aliphatic rings. The zero-order valence-corrected chi connectivity index (χ0v) is 9.96. The summed E-state index contributed by atoms with van der Waals surface area (Å²) < 4.78 is 1.45. The number of aromatic nitrogens is 3. The summed E-state index contributed by atoms with van der Waals surface area (Å²) in [5, 5.41) is 8.05. The molecular weight excluding hydrogens is 192 g/mol. The van der Waals surface area contributed by atoms with Gasteiger partial charge in [0.25, 0.3) is 5.56 Å². The molecule has 0 amide bonds. The summed E-state index contributed by atoms with van der Waals surface area (Å²) in [4.78, 5) is 12.0. The van der Waals surface area contributed by atoms with Crippen LogP contribution in [0.15, 0.2) is 4.79 Å². The monoisotopic (exact) mass is 210 g/mol. The molecule has 0 aliphatic carbocycles. The van der Waals surface area contributed by atoms with Crippen LogP contribution in [0.4, 0.5) is 0 Å². The molecule has 0 aliphatic heterocycles. The number of nitrogens with zero attached hydrogens (tertiary/aromatic N) is 3. The molecule has 15 heavy (non-hydrogen) atoms. The van der Waals surface area contributed by atoms with Crippen LogP contribution in [0.2, 0.25) is 0 Å². The van der Waals surface area contributed by atoms with Crippen LogP contribution in [-0.4, -0.2) is 21.9 Å². The van der Waals surface area contributed by atoms with Gasteiger partial charge in [-0.1, -0.05) is 27.7 Å². The van der Waals surface area contributed by atoms with Gasteiger partial charge in [0.05, 0.1) is 0 Å². The molecule has 1 aromatic rings. The van der Waals surface area contributed by atoms with Crippen LogP contribution in [0.25, 0.3) is 0 Å². The zero-order valence-electron chi connectivity index (χ0n) is 9.96. The first-order valence-corrected chi connectivity index (χ1v) is 5.08. The van der Waals surface area contributed by atoms with Crippen LogP contribution in [-0.2, 0) is 11.8 Å². The topological polar surface area (TPSA) is 59.8 Å². The zero-order chi connectivity index (χ0) is 11.6. The minimum atomic E-state index is -0.283. The summed E-state index contributed by atoms with van der Waals surface area (Å²) in [5.74, 6) is 0.649. The third-order valence-corrected chi connectivity index (χ3v) is 2.18. The van der Waals surface area contributed by atoms with E-state index < -0.39 is 0 Å². The molecule has 5 heteroatoms. The summed E-state index contributed by atoms with van der Waals surface area (Å²) in [6.07, 6.45) is 0.674. The molecule has 1 heterocycles. The Morgan fingerprint density at radius 2 is 1.93 bits per heavy atom. The lowest BCUT2D eigenvalue weighted by Gasteiger charge is -2.18. The molecule has 0 spiro atoms. The van der Waals surface area contributed by atoms with Gasteiger partial charge in [0.1, 0.15) is 5.69 Å². The molecule has 1 aromatic heterocycles.